The normalized spacial score (nSPS) is 13.4. The number of anilines is 1. The molecule has 1 aromatic rings. The van der Waals surface area contributed by atoms with Crippen molar-refractivity contribution in [2.24, 2.45) is 0 Å². The van der Waals surface area contributed by atoms with Crippen molar-refractivity contribution in [1.82, 2.24) is 4.98 Å². The highest BCUT2D eigenvalue weighted by atomic mass is 16.5. The fourth-order valence-corrected chi connectivity index (χ4v) is 2.14. The SMILES string of the molecule is CCCCC[C@@](C)(OC)C(=O)Nc1ccc(OCCCC)nc1. The largest absolute Gasteiger partial charge is 0.478 e. The van der Waals surface area contributed by atoms with Crippen molar-refractivity contribution in [3.63, 3.8) is 0 Å². The van der Waals surface area contributed by atoms with Gasteiger partial charge in [0.1, 0.15) is 5.60 Å². The van der Waals surface area contributed by atoms with Crippen LogP contribution in [0.5, 0.6) is 5.88 Å². The van der Waals surface area contributed by atoms with Crippen LogP contribution < -0.4 is 10.1 Å². The highest BCUT2D eigenvalue weighted by Gasteiger charge is 2.32. The number of methoxy groups -OCH3 is 1. The van der Waals surface area contributed by atoms with Crippen LogP contribution in [0.15, 0.2) is 18.3 Å². The topological polar surface area (TPSA) is 60.5 Å². The first-order chi connectivity index (χ1) is 11.1. The number of amides is 1. The van der Waals surface area contributed by atoms with E-state index in [-0.39, 0.29) is 5.91 Å². The molecule has 0 bridgehead atoms. The Morgan fingerprint density at radius 1 is 1.22 bits per heavy atom. The van der Waals surface area contributed by atoms with E-state index < -0.39 is 5.60 Å². The van der Waals surface area contributed by atoms with Gasteiger partial charge in [0.05, 0.1) is 18.5 Å². The number of ether oxygens (including phenoxy) is 2. The lowest BCUT2D eigenvalue weighted by Gasteiger charge is -2.26. The quantitative estimate of drug-likeness (QED) is 0.621. The van der Waals surface area contributed by atoms with Crippen molar-refractivity contribution in [2.45, 2.75) is 64.9 Å². The lowest BCUT2D eigenvalue weighted by atomic mass is 9.97. The Morgan fingerprint density at radius 2 is 1.96 bits per heavy atom. The monoisotopic (exact) mass is 322 g/mol. The number of pyridine rings is 1. The fraction of sp³-hybridized carbons (Fsp3) is 0.667. The van der Waals surface area contributed by atoms with Gasteiger partial charge >= 0.3 is 0 Å². The summed E-state index contributed by atoms with van der Waals surface area (Å²) in [6.07, 6.45) is 7.58. The van der Waals surface area contributed by atoms with Crippen LogP contribution in [0.2, 0.25) is 0 Å². The molecule has 0 unspecified atom stereocenters. The number of carbonyl (C=O) groups excluding carboxylic acids is 1. The summed E-state index contributed by atoms with van der Waals surface area (Å²) < 4.78 is 11.0. The van der Waals surface area contributed by atoms with Gasteiger partial charge in [-0.2, -0.15) is 0 Å². The van der Waals surface area contributed by atoms with Crippen LogP contribution in [0, 0.1) is 0 Å². The van der Waals surface area contributed by atoms with Crippen molar-refractivity contribution in [3.05, 3.63) is 18.3 Å². The predicted molar refractivity (Wildman–Crippen MR) is 92.8 cm³/mol. The minimum atomic E-state index is -0.814. The zero-order valence-corrected chi connectivity index (χ0v) is 14.9. The minimum absolute atomic E-state index is 0.141. The number of hydrogen-bond donors (Lipinski definition) is 1. The standard InChI is InChI=1S/C18H30N2O3/c1-5-7-9-12-18(3,22-4)17(21)20-15-10-11-16(19-14-15)23-13-8-6-2/h10-11,14H,5-9,12-13H2,1-4H3,(H,20,21)/t18-/m1/s1. The van der Waals surface area contributed by atoms with E-state index >= 15 is 0 Å². The van der Waals surface area contributed by atoms with Crippen LogP contribution in [0.1, 0.15) is 59.3 Å². The molecule has 0 spiro atoms. The summed E-state index contributed by atoms with van der Waals surface area (Å²) in [6.45, 7) is 6.74. The molecule has 0 saturated heterocycles. The number of hydrogen-bond acceptors (Lipinski definition) is 4. The molecule has 5 nitrogen and oxygen atoms in total. The lowest BCUT2D eigenvalue weighted by Crippen LogP contribution is -2.42. The van der Waals surface area contributed by atoms with E-state index in [1.165, 1.54) is 0 Å². The Bertz CT molecular complexity index is 462. The maximum Gasteiger partial charge on any atom is 0.256 e. The maximum atomic E-state index is 12.5. The summed E-state index contributed by atoms with van der Waals surface area (Å²) in [4.78, 5) is 16.7. The molecule has 0 aliphatic rings. The smallest absolute Gasteiger partial charge is 0.256 e. The van der Waals surface area contributed by atoms with Gasteiger partial charge in [-0.15, -0.1) is 0 Å². The van der Waals surface area contributed by atoms with Gasteiger partial charge in [0.25, 0.3) is 5.91 Å². The summed E-state index contributed by atoms with van der Waals surface area (Å²) in [6, 6.07) is 3.57. The summed E-state index contributed by atoms with van der Waals surface area (Å²) in [5, 5.41) is 2.87. The predicted octanol–water partition coefficient (Wildman–Crippen LogP) is 4.18. The molecule has 0 saturated carbocycles. The van der Waals surface area contributed by atoms with Crippen LogP contribution in [0.4, 0.5) is 5.69 Å². The molecule has 0 aliphatic carbocycles. The van der Waals surface area contributed by atoms with Gasteiger partial charge in [-0.1, -0.05) is 39.5 Å². The van der Waals surface area contributed by atoms with E-state index in [1.807, 2.05) is 6.92 Å². The van der Waals surface area contributed by atoms with E-state index in [9.17, 15) is 4.79 Å². The van der Waals surface area contributed by atoms with Gasteiger partial charge in [-0.3, -0.25) is 4.79 Å². The van der Waals surface area contributed by atoms with Crippen LogP contribution in [0.3, 0.4) is 0 Å². The Balaban J connectivity index is 2.57. The molecule has 1 aromatic heterocycles. The molecule has 130 valence electrons. The second kappa shape index (κ2) is 10.2. The Kier molecular flexibility index (Phi) is 8.62. The number of nitrogens with zero attached hydrogens (tertiary/aromatic N) is 1. The first kappa shape index (κ1) is 19.4. The molecular weight excluding hydrogens is 292 g/mol. The number of unbranched alkanes of at least 4 members (excludes halogenated alkanes) is 3. The molecule has 1 amide bonds. The van der Waals surface area contributed by atoms with Gasteiger partial charge in [0, 0.05) is 13.2 Å². The summed E-state index contributed by atoms with van der Waals surface area (Å²) >= 11 is 0. The van der Waals surface area contributed by atoms with Crippen molar-refractivity contribution in [3.8, 4) is 5.88 Å². The number of aromatic nitrogens is 1. The molecule has 1 atom stereocenters. The zero-order valence-electron chi connectivity index (χ0n) is 14.9. The molecule has 0 fully saturated rings. The summed E-state index contributed by atoms with van der Waals surface area (Å²) in [5.74, 6) is 0.437. The van der Waals surface area contributed by atoms with Gasteiger partial charge < -0.3 is 14.8 Å². The van der Waals surface area contributed by atoms with Crippen LogP contribution in [-0.2, 0) is 9.53 Å². The zero-order chi connectivity index (χ0) is 17.1. The van der Waals surface area contributed by atoms with E-state index in [2.05, 4.69) is 24.1 Å². The Hall–Kier alpha value is -1.62. The Labute approximate surface area is 139 Å². The Morgan fingerprint density at radius 3 is 2.52 bits per heavy atom. The molecule has 1 heterocycles. The highest BCUT2D eigenvalue weighted by Crippen LogP contribution is 2.21. The van der Waals surface area contributed by atoms with E-state index in [4.69, 9.17) is 9.47 Å². The number of nitrogens with one attached hydrogen (secondary N) is 1. The molecule has 0 aromatic carbocycles. The molecular formula is C18H30N2O3. The molecule has 0 aliphatic heterocycles. The van der Waals surface area contributed by atoms with E-state index in [1.54, 1.807) is 25.4 Å². The second-order valence-electron chi connectivity index (χ2n) is 5.93. The third-order valence-corrected chi connectivity index (χ3v) is 3.93. The molecule has 1 N–H and O–H groups in total. The van der Waals surface area contributed by atoms with Gasteiger partial charge in [-0.25, -0.2) is 4.98 Å². The van der Waals surface area contributed by atoms with Crippen molar-refractivity contribution in [2.75, 3.05) is 19.0 Å². The minimum Gasteiger partial charge on any atom is -0.478 e. The molecule has 5 heteroatoms. The first-order valence-electron chi connectivity index (χ1n) is 8.51. The fourth-order valence-electron chi connectivity index (χ4n) is 2.14. The van der Waals surface area contributed by atoms with Crippen molar-refractivity contribution >= 4 is 11.6 Å². The third kappa shape index (κ3) is 6.57. The summed E-state index contributed by atoms with van der Waals surface area (Å²) in [5.41, 5.74) is -0.164. The van der Waals surface area contributed by atoms with Crippen LogP contribution >= 0.6 is 0 Å². The van der Waals surface area contributed by atoms with Gasteiger partial charge in [0.15, 0.2) is 0 Å². The lowest BCUT2D eigenvalue weighted by molar-refractivity contribution is -0.136. The van der Waals surface area contributed by atoms with E-state index in [0.717, 1.165) is 32.1 Å². The average molecular weight is 322 g/mol. The third-order valence-electron chi connectivity index (χ3n) is 3.93. The van der Waals surface area contributed by atoms with Gasteiger partial charge in [-0.05, 0) is 25.8 Å². The molecule has 0 radical (unpaired) electrons. The first-order valence-corrected chi connectivity index (χ1v) is 8.51. The highest BCUT2D eigenvalue weighted by molar-refractivity contribution is 5.96. The van der Waals surface area contributed by atoms with Gasteiger partial charge in [0.2, 0.25) is 5.88 Å². The molecule has 1 rings (SSSR count). The average Bonchev–Trinajstić information content (AvgIpc) is 2.56. The number of carbonyl (C=O) groups is 1. The van der Waals surface area contributed by atoms with Crippen LogP contribution in [-0.4, -0.2) is 30.2 Å². The van der Waals surface area contributed by atoms with Crippen molar-refractivity contribution in [1.29, 1.82) is 0 Å². The van der Waals surface area contributed by atoms with Crippen LogP contribution in [0.25, 0.3) is 0 Å². The van der Waals surface area contributed by atoms with Crippen molar-refractivity contribution < 1.29 is 14.3 Å². The number of rotatable bonds is 11. The second-order valence-corrected chi connectivity index (χ2v) is 5.93. The van der Waals surface area contributed by atoms with E-state index in [0.29, 0.717) is 24.6 Å². The summed E-state index contributed by atoms with van der Waals surface area (Å²) in [7, 11) is 1.58. The molecule has 23 heavy (non-hydrogen) atoms. The maximum absolute atomic E-state index is 12.5.